The Balaban J connectivity index is 1.37. The summed E-state index contributed by atoms with van der Waals surface area (Å²) in [5.41, 5.74) is 5.76. The van der Waals surface area contributed by atoms with Gasteiger partial charge in [-0.15, -0.1) is 5.10 Å². The van der Waals surface area contributed by atoms with E-state index in [1.54, 1.807) is 17.0 Å². The number of hydrogen-bond acceptors (Lipinski definition) is 5. The second-order valence-corrected chi connectivity index (χ2v) is 12.1. The minimum absolute atomic E-state index is 0.0338. The number of aromatic nitrogens is 3. The van der Waals surface area contributed by atoms with Crippen LogP contribution in [-0.4, -0.2) is 50.1 Å². The molecule has 4 aromatic rings. The molecule has 8 heteroatoms. The maximum Gasteiger partial charge on any atom is 0.412 e. The molecule has 1 fully saturated rings. The zero-order valence-electron chi connectivity index (χ0n) is 24.5. The van der Waals surface area contributed by atoms with Crippen LogP contribution in [0.1, 0.15) is 68.8 Å². The summed E-state index contributed by atoms with van der Waals surface area (Å²) in [7, 11) is 0. The zero-order chi connectivity index (χ0) is 29.7. The van der Waals surface area contributed by atoms with E-state index in [1.807, 2.05) is 65.4 Å². The second kappa shape index (κ2) is 12.7. The number of fused-ring (bicyclic) bond motifs is 1. The van der Waals surface area contributed by atoms with Crippen molar-refractivity contribution in [2.45, 2.75) is 77.0 Å². The number of carboxylic acid groups (broad SMARTS) is 1. The third-order valence-corrected chi connectivity index (χ3v) is 7.76. The predicted molar refractivity (Wildman–Crippen MR) is 168 cm³/mol. The Kier molecular flexibility index (Phi) is 8.83. The summed E-state index contributed by atoms with van der Waals surface area (Å²) in [6, 6.07) is 21.7. The van der Waals surface area contributed by atoms with Crippen molar-refractivity contribution in [3.63, 3.8) is 0 Å². The smallest absolute Gasteiger partial charge is 0.412 e. The van der Waals surface area contributed by atoms with E-state index in [4.69, 9.17) is 0 Å². The molecule has 0 unspecified atom stereocenters. The lowest BCUT2D eigenvalue weighted by Crippen LogP contribution is -2.49. The van der Waals surface area contributed by atoms with Crippen molar-refractivity contribution in [2.75, 3.05) is 4.90 Å². The largest absolute Gasteiger partial charge is 0.465 e. The van der Waals surface area contributed by atoms with Crippen molar-refractivity contribution in [3.8, 4) is 11.1 Å². The van der Waals surface area contributed by atoms with E-state index in [9.17, 15) is 14.7 Å². The minimum atomic E-state index is -0.920. The summed E-state index contributed by atoms with van der Waals surface area (Å²) in [6.07, 6.45) is 8.23. The van der Waals surface area contributed by atoms with Gasteiger partial charge in [-0.2, -0.15) is 0 Å². The predicted octanol–water partition coefficient (Wildman–Crippen LogP) is 7.20. The second-order valence-electron chi connectivity index (χ2n) is 12.1. The number of allylic oxidation sites excluding steroid dienone is 1. The summed E-state index contributed by atoms with van der Waals surface area (Å²) in [6.45, 7) is 7.15. The number of carbonyl (C=O) groups excluding carboxylic acids is 1. The fourth-order valence-corrected chi connectivity index (χ4v) is 5.90. The highest BCUT2D eigenvalue weighted by atomic mass is 16.4. The lowest BCUT2D eigenvalue weighted by Gasteiger charge is -2.38. The van der Waals surface area contributed by atoms with Crippen molar-refractivity contribution in [3.05, 3.63) is 83.9 Å². The molecule has 2 N–H and O–H groups in total. The SMILES string of the molecule is CC(C)(C)NC1CCC(N(C(=O)O)c2cc(C=CCCn3nnc4cc(C=O)ccc43)ccc2-c2ccccc2)CC1. The lowest BCUT2D eigenvalue weighted by molar-refractivity contribution is 0.112. The molecule has 42 heavy (non-hydrogen) atoms. The molecule has 0 spiro atoms. The summed E-state index contributed by atoms with van der Waals surface area (Å²) in [5.74, 6) is 0. The van der Waals surface area contributed by atoms with Crippen LogP contribution in [0.25, 0.3) is 28.2 Å². The van der Waals surface area contributed by atoms with Crippen LogP contribution in [0, 0.1) is 0 Å². The molecular formula is C34H39N5O3. The highest BCUT2D eigenvalue weighted by molar-refractivity contribution is 5.94. The normalized spacial score (nSPS) is 17.5. The van der Waals surface area contributed by atoms with E-state index in [0.717, 1.165) is 66.3 Å². The number of rotatable bonds is 9. The molecule has 218 valence electrons. The Hall–Kier alpha value is -4.30. The Labute approximate surface area is 247 Å². The quantitative estimate of drug-likeness (QED) is 0.208. The molecule has 1 aromatic heterocycles. The third kappa shape index (κ3) is 6.94. The molecule has 1 amide bonds. The summed E-state index contributed by atoms with van der Waals surface area (Å²) in [4.78, 5) is 25.5. The van der Waals surface area contributed by atoms with E-state index < -0.39 is 6.09 Å². The molecule has 0 aliphatic heterocycles. The van der Waals surface area contributed by atoms with Crippen molar-refractivity contribution in [1.29, 1.82) is 0 Å². The van der Waals surface area contributed by atoms with Crippen LogP contribution in [0.4, 0.5) is 10.5 Å². The van der Waals surface area contributed by atoms with E-state index in [2.05, 4.69) is 42.5 Å². The first kappa shape index (κ1) is 29.2. The van der Waals surface area contributed by atoms with Gasteiger partial charge in [0.15, 0.2) is 0 Å². The fourth-order valence-electron chi connectivity index (χ4n) is 5.90. The van der Waals surface area contributed by atoms with Crippen molar-refractivity contribution < 1.29 is 14.7 Å². The van der Waals surface area contributed by atoms with Gasteiger partial charge in [0.25, 0.3) is 0 Å². The molecule has 1 heterocycles. The van der Waals surface area contributed by atoms with Gasteiger partial charge in [-0.25, -0.2) is 9.48 Å². The number of aryl methyl sites for hydroxylation is 1. The molecule has 0 atom stereocenters. The van der Waals surface area contributed by atoms with Gasteiger partial charge in [-0.3, -0.25) is 9.69 Å². The van der Waals surface area contributed by atoms with Crippen molar-refractivity contribution in [1.82, 2.24) is 20.3 Å². The van der Waals surface area contributed by atoms with Crippen molar-refractivity contribution >= 4 is 35.2 Å². The Bertz CT molecular complexity index is 1560. The molecule has 1 aliphatic carbocycles. The van der Waals surface area contributed by atoms with Crippen LogP contribution in [-0.2, 0) is 6.54 Å². The van der Waals surface area contributed by atoms with Crippen LogP contribution >= 0.6 is 0 Å². The summed E-state index contributed by atoms with van der Waals surface area (Å²) >= 11 is 0. The van der Waals surface area contributed by atoms with E-state index in [1.165, 1.54) is 0 Å². The standard InChI is InChI=1S/C34H39N5O3/c1-34(2,3)35-27-14-16-28(17-15-27)39(33(41)42)32-22-24(12-18-29(32)26-10-5-4-6-11-26)9-7-8-20-38-31-19-13-25(23-40)21-30(31)36-37-38/h4-7,9-13,18-19,21-23,27-28,35H,8,14-17,20H2,1-3H3,(H,41,42). The Morgan fingerprint density at radius 2 is 1.76 bits per heavy atom. The number of anilines is 1. The number of nitrogens with one attached hydrogen (secondary N) is 1. The van der Waals surface area contributed by atoms with Gasteiger partial charge >= 0.3 is 6.09 Å². The van der Waals surface area contributed by atoms with Gasteiger partial charge in [0.1, 0.15) is 11.8 Å². The van der Waals surface area contributed by atoms with Gasteiger partial charge < -0.3 is 10.4 Å². The molecular weight excluding hydrogens is 526 g/mol. The first-order chi connectivity index (χ1) is 20.2. The maximum atomic E-state index is 12.8. The van der Waals surface area contributed by atoms with E-state index >= 15 is 0 Å². The summed E-state index contributed by atoms with van der Waals surface area (Å²) < 4.78 is 1.83. The van der Waals surface area contributed by atoms with Crippen LogP contribution < -0.4 is 10.2 Å². The first-order valence-electron chi connectivity index (χ1n) is 14.7. The third-order valence-electron chi connectivity index (χ3n) is 7.76. The molecule has 8 nitrogen and oxygen atoms in total. The van der Waals surface area contributed by atoms with Crippen LogP contribution in [0.2, 0.25) is 0 Å². The topological polar surface area (TPSA) is 100 Å². The maximum absolute atomic E-state index is 12.8. The number of amides is 1. The summed E-state index contributed by atoms with van der Waals surface area (Å²) in [5, 5.41) is 22.6. The average Bonchev–Trinajstić information content (AvgIpc) is 3.38. The molecule has 0 saturated heterocycles. The molecule has 3 aromatic carbocycles. The van der Waals surface area contributed by atoms with Gasteiger partial charge in [-0.05, 0) is 88.3 Å². The van der Waals surface area contributed by atoms with Gasteiger partial charge in [-0.1, -0.05) is 59.8 Å². The number of nitrogens with zero attached hydrogens (tertiary/aromatic N) is 4. The Morgan fingerprint density at radius 3 is 2.45 bits per heavy atom. The van der Waals surface area contributed by atoms with Gasteiger partial charge in [0.05, 0.1) is 11.2 Å². The highest BCUT2D eigenvalue weighted by Crippen LogP contribution is 2.37. The lowest BCUT2D eigenvalue weighted by atomic mass is 9.88. The highest BCUT2D eigenvalue weighted by Gasteiger charge is 2.32. The molecule has 5 rings (SSSR count). The Morgan fingerprint density at radius 1 is 1.02 bits per heavy atom. The minimum Gasteiger partial charge on any atom is -0.465 e. The monoisotopic (exact) mass is 565 g/mol. The zero-order valence-corrected chi connectivity index (χ0v) is 24.5. The number of aldehydes is 1. The molecule has 1 aliphatic rings. The van der Waals surface area contributed by atoms with Gasteiger partial charge in [0, 0.05) is 35.3 Å². The first-order valence-corrected chi connectivity index (χ1v) is 14.7. The van der Waals surface area contributed by atoms with E-state index in [-0.39, 0.29) is 11.6 Å². The van der Waals surface area contributed by atoms with Crippen LogP contribution in [0.5, 0.6) is 0 Å². The average molecular weight is 566 g/mol. The molecule has 1 saturated carbocycles. The number of benzene rings is 3. The molecule has 0 bridgehead atoms. The number of carbonyl (C=O) groups is 2. The van der Waals surface area contributed by atoms with Crippen LogP contribution in [0.3, 0.4) is 0 Å². The van der Waals surface area contributed by atoms with Gasteiger partial charge in [0.2, 0.25) is 0 Å². The fraction of sp³-hybridized carbons (Fsp3) is 0.353. The molecule has 0 radical (unpaired) electrons. The van der Waals surface area contributed by atoms with Crippen molar-refractivity contribution in [2.24, 2.45) is 0 Å². The number of hydrogen-bond donors (Lipinski definition) is 2. The van der Waals surface area contributed by atoms with E-state index in [0.29, 0.717) is 23.7 Å². The van der Waals surface area contributed by atoms with Crippen LogP contribution in [0.15, 0.2) is 72.8 Å².